The van der Waals surface area contributed by atoms with E-state index >= 15 is 0 Å². The van der Waals surface area contributed by atoms with Gasteiger partial charge in [0.2, 0.25) is 15.9 Å². The number of hydrogen-bond acceptors (Lipinski definition) is 6. The number of methoxy groups -OCH3 is 1. The molecule has 0 unspecified atom stereocenters. The van der Waals surface area contributed by atoms with Crippen LogP contribution in [-0.2, 0) is 14.8 Å². The van der Waals surface area contributed by atoms with Crippen molar-refractivity contribution in [3.63, 3.8) is 0 Å². The van der Waals surface area contributed by atoms with Crippen molar-refractivity contribution in [2.45, 2.75) is 11.8 Å². The molecule has 3 rings (SSSR count). The second-order valence-electron chi connectivity index (χ2n) is 6.02. The van der Waals surface area contributed by atoms with Crippen LogP contribution in [0.15, 0.2) is 47.4 Å². The van der Waals surface area contributed by atoms with Crippen LogP contribution in [0.25, 0.3) is 0 Å². The molecular weight excluding hydrogens is 384 g/mol. The van der Waals surface area contributed by atoms with Crippen molar-refractivity contribution < 1.29 is 27.4 Å². The first-order chi connectivity index (χ1) is 13.4. The van der Waals surface area contributed by atoms with Gasteiger partial charge in [-0.1, -0.05) is 13.0 Å². The molecular formula is C19H22N2O6S. The number of carbonyl (C=O) groups is 1. The summed E-state index contributed by atoms with van der Waals surface area (Å²) in [5.74, 6) is 1.03. The van der Waals surface area contributed by atoms with E-state index in [1.54, 1.807) is 37.3 Å². The molecule has 0 bridgehead atoms. The lowest BCUT2D eigenvalue weighted by Crippen LogP contribution is -2.37. The van der Waals surface area contributed by atoms with Crippen LogP contribution in [-0.4, -0.2) is 52.0 Å². The van der Waals surface area contributed by atoms with Gasteiger partial charge in [0, 0.05) is 24.4 Å². The molecule has 8 nitrogen and oxygen atoms in total. The summed E-state index contributed by atoms with van der Waals surface area (Å²) in [6, 6.07) is 11.3. The monoisotopic (exact) mass is 406 g/mol. The summed E-state index contributed by atoms with van der Waals surface area (Å²) < 4.78 is 43.0. The molecule has 1 N–H and O–H groups in total. The highest BCUT2D eigenvalue weighted by atomic mass is 32.2. The summed E-state index contributed by atoms with van der Waals surface area (Å²) in [4.78, 5) is 12.4. The molecule has 1 amide bonds. The van der Waals surface area contributed by atoms with E-state index in [4.69, 9.17) is 14.2 Å². The van der Waals surface area contributed by atoms with Gasteiger partial charge in [0.15, 0.2) is 11.5 Å². The number of sulfonamides is 1. The second-order valence-corrected chi connectivity index (χ2v) is 7.95. The van der Waals surface area contributed by atoms with Gasteiger partial charge in [0.25, 0.3) is 0 Å². The van der Waals surface area contributed by atoms with Gasteiger partial charge in [-0.3, -0.25) is 4.79 Å². The number of nitrogens with zero attached hydrogens (tertiary/aromatic N) is 1. The maximum Gasteiger partial charge on any atom is 0.243 e. The summed E-state index contributed by atoms with van der Waals surface area (Å²) in [6.45, 7) is 2.28. The molecule has 0 atom stereocenters. The zero-order chi connectivity index (χ0) is 20.1. The van der Waals surface area contributed by atoms with Gasteiger partial charge in [0.1, 0.15) is 19.0 Å². The lowest BCUT2D eigenvalue weighted by atomic mass is 10.3. The number of fused-ring (bicyclic) bond motifs is 1. The number of anilines is 1. The summed E-state index contributed by atoms with van der Waals surface area (Å²) in [5, 5.41) is 2.69. The Labute approximate surface area is 164 Å². The number of ether oxygens (including phenoxy) is 3. The highest BCUT2D eigenvalue weighted by molar-refractivity contribution is 7.89. The summed E-state index contributed by atoms with van der Waals surface area (Å²) in [5.41, 5.74) is 0.525. The van der Waals surface area contributed by atoms with Gasteiger partial charge in [-0.25, -0.2) is 8.42 Å². The molecule has 150 valence electrons. The standard InChI is InChI=1S/C19H22N2O6S/c1-3-21(13-19(22)20-14-5-4-6-15(11-14)25-2)28(23,24)16-7-8-17-18(12-16)27-10-9-26-17/h4-8,11-12H,3,9-10,13H2,1-2H3,(H,20,22). The fourth-order valence-corrected chi connectivity index (χ4v) is 4.18. The maximum atomic E-state index is 13.0. The maximum absolute atomic E-state index is 13.0. The summed E-state index contributed by atoms with van der Waals surface area (Å²) in [7, 11) is -2.35. The molecule has 28 heavy (non-hydrogen) atoms. The number of carbonyl (C=O) groups excluding carboxylic acids is 1. The lowest BCUT2D eigenvalue weighted by Gasteiger charge is -2.22. The van der Waals surface area contributed by atoms with E-state index in [-0.39, 0.29) is 18.0 Å². The molecule has 0 saturated carbocycles. The van der Waals surface area contributed by atoms with E-state index in [0.717, 1.165) is 4.31 Å². The van der Waals surface area contributed by atoms with Crippen LogP contribution in [0.4, 0.5) is 5.69 Å². The Balaban J connectivity index is 1.75. The molecule has 0 saturated heterocycles. The number of hydrogen-bond donors (Lipinski definition) is 1. The van der Waals surface area contributed by atoms with Crippen molar-refractivity contribution in [3.05, 3.63) is 42.5 Å². The Bertz CT molecular complexity index is 961. The molecule has 1 aliphatic rings. The summed E-state index contributed by atoms with van der Waals surface area (Å²) in [6.07, 6.45) is 0. The van der Waals surface area contributed by atoms with Crippen LogP contribution >= 0.6 is 0 Å². The quantitative estimate of drug-likeness (QED) is 0.757. The van der Waals surface area contributed by atoms with Crippen molar-refractivity contribution >= 4 is 21.6 Å². The van der Waals surface area contributed by atoms with Gasteiger partial charge in [-0.05, 0) is 24.3 Å². The van der Waals surface area contributed by atoms with Crippen LogP contribution in [0, 0.1) is 0 Å². The largest absolute Gasteiger partial charge is 0.497 e. The molecule has 0 aliphatic carbocycles. The topological polar surface area (TPSA) is 94.2 Å². The summed E-state index contributed by atoms with van der Waals surface area (Å²) >= 11 is 0. The second kappa shape index (κ2) is 8.49. The zero-order valence-corrected chi connectivity index (χ0v) is 16.5. The fourth-order valence-electron chi connectivity index (χ4n) is 2.76. The van der Waals surface area contributed by atoms with E-state index in [0.29, 0.717) is 36.1 Å². The minimum atomic E-state index is -3.87. The van der Waals surface area contributed by atoms with E-state index in [2.05, 4.69) is 5.32 Å². The van der Waals surface area contributed by atoms with E-state index in [1.165, 1.54) is 19.2 Å². The van der Waals surface area contributed by atoms with Gasteiger partial charge >= 0.3 is 0 Å². The molecule has 0 aromatic heterocycles. The number of likely N-dealkylation sites (N-methyl/N-ethyl adjacent to an activating group) is 1. The molecule has 1 aliphatic heterocycles. The van der Waals surface area contributed by atoms with E-state index in [9.17, 15) is 13.2 Å². The molecule has 0 radical (unpaired) electrons. The Morgan fingerprint density at radius 2 is 1.89 bits per heavy atom. The molecule has 2 aromatic carbocycles. The zero-order valence-electron chi connectivity index (χ0n) is 15.7. The van der Waals surface area contributed by atoms with Crippen LogP contribution < -0.4 is 19.5 Å². The van der Waals surface area contributed by atoms with Crippen molar-refractivity contribution in [2.24, 2.45) is 0 Å². The van der Waals surface area contributed by atoms with E-state index < -0.39 is 15.9 Å². The van der Waals surface area contributed by atoms with Crippen molar-refractivity contribution in [1.82, 2.24) is 4.31 Å². The highest BCUT2D eigenvalue weighted by Crippen LogP contribution is 2.33. The third-order valence-electron chi connectivity index (χ3n) is 4.18. The van der Waals surface area contributed by atoms with Crippen LogP contribution in [0.3, 0.4) is 0 Å². The van der Waals surface area contributed by atoms with Gasteiger partial charge in [-0.2, -0.15) is 4.31 Å². The Hall–Kier alpha value is -2.78. The van der Waals surface area contributed by atoms with Crippen molar-refractivity contribution in [1.29, 1.82) is 0 Å². The third-order valence-corrected chi connectivity index (χ3v) is 6.09. The molecule has 0 fully saturated rings. The molecule has 0 spiro atoms. The third kappa shape index (κ3) is 4.37. The SMILES string of the molecule is CCN(CC(=O)Nc1cccc(OC)c1)S(=O)(=O)c1ccc2c(c1)OCCO2. The van der Waals surface area contributed by atoms with Gasteiger partial charge < -0.3 is 19.5 Å². The predicted octanol–water partition coefficient (Wildman–Crippen LogP) is 2.12. The smallest absolute Gasteiger partial charge is 0.243 e. The first-order valence-corrected chi connectivity index (χ1v) is 10.2. The predicted molar refractivity (Wildman–Crippen MR) is 103 cm³/mol. The first-order valence-electron chi connectivity index (χ1n) is 8.77. The van der Waals surface area contributed by atoms with E-state index in [1.807, 2.05) is 0 Å². The van der Waals surface area contributed by atoms with Crippen LogP contribution in [0.2, 0.25) is 0 Å². The van der Waals surface area contributed by atoms with Crippen molar-refractivity contribution in [2.75, 3.05) is 38.7 Å². The normalized spacial score (nSPS) is 13.2. The fraction of sp³-hybridized carbons (Fsp3) is 0.316. The average Bonchev–Trinajstić information content (AvgIpc) is 2.71. The van der Waals surface area contributed by atoms with Gasteiger partial charge in [0.05, 0.1) is 18.6 Å². The first kappa shape index (κ1) is 20.0. The minimum absolute atomic E-state index is 0.0489. The highest BCUT2D eigenvalue weighted by Gasteiger charge is 2.27. The number of benzene rings is 2. The van der Waals surface area contributed by atoms with Crippen molar-refractivity contribution in [3.8, 4) is 17.2 Å². The Morgan fingerprint density at radius 3 is 2.61 bits per heavy atom. The number of nitrogens with one attached hydrogen (secondary N) is 1. The average molecular weight is 406 g/mol. The number of amides is 1. The van der Waals surface area contributed by atoms with Gasteiger partial charge in [-0.15, -0.1) is 0 Å². The minimum Gasteiger partial charge on any atom is -0.497 e. The lowest BCUT2D eigenvalue weighted by molar-refractivity contribution is -0.116. The molecule has 9 heteroatoms. The molecule has 1 heterocycles. The Kier molecular flexibility index (Phi) is 6.05. The molecule has 2 aromatic rings. The van der Waals surface area contributed by atoms with Crippen LogP contribution in [0.5, 0.6) is 17.2 Å². The Morgan fingerprint density at radius 1 is 1.14 bits per heavy atom. The number of rotatable bonds is 7. The van der Waals surface area contributed by atoms with Crippen LogP contribution in [0.1, 0.15) is 6.92 Å².